The fraction of sp³-hybridized carbons (Fsp3) is 0.591. The first-order chi connectivity index (χ1) is 14.3. The van der Waals surface area contributed by atoms with Crippen LogP contribution in [0.4, 0.5) is 0 Å². The average molecular weight is 492 g/mol. The fourth-order valence-electron chi connectivity index (χ4n) is 4.60. The zero-order valence-corrected chi connectivity index (χ0v) is 20.9. The van der Waals surface area contributed by atoms with Gasteiger partial charge in [-0.3, -0.25) is 4.79 Å². The van der Waals surface area contributed by atoms with Crippen molar-refractivity contribution in [2.75, 3.05) is 13.2 Å². The Morgan fingerprint density at radius 2 is 2.07 bits per heavy atom. The molecule has 8 heteroatoms. The minimum Gasteiger partial charge on any atom is -0.359 e. The molecule has 6 nitrogen and oxygen atoms in total. The van der Waals surface area contributed by atoms with Crippen molar-refractivity contribution >= 4 is 29.9 Å². The van der Waals surface area contributed by atoms with Gasteiger partial charge < -0.3 is 9.64 Å². The van der Waals surface area contributed by atoms with Gasteiger partial charge >= 0.3 is 0 Å². The number of carbonyl (C=O) groups is 1. The minimum absolute atomic E-state index is 0.211. The third-order valence-electron chi connectivity index (χ3n) is 6.08. The molecule has 0 N–H and O–H groups in total. The summed E-state index contributed by atoms with van der Waals surface area (Å²) < 4.78 is 8.32. The van der Waals surface area contributed by atoms with Crippen LogP contribution in [0.1, 0.15) is 36.9 Å². The molecule has 0 bridgehead atoms. The van der Waals surface area contributed by atoms with Gasteiger partial charge in [0.05, 0.1) is 6.04 Å². The molecule has 0 spiro atoms. The first-order valence-electron chi connectivity index (χ1n) is 10.9. The number of fused-ring (bicyclic) bond motifs is 3. The third kappa shape index (κ3) is 4.27. The lowest BCUT2D eigenvalue weighted by Gasteiger charge is -2.24. The molecule has 1 amide bonds. The molecule has 1 aliphatic carbocycles. The first kappa shape index (κ1) is 21.7. The van der Waals surface area contributed by atoms with Crippen molar-refractivity contribution in [2.45, 2.75) is 64.6 Å². The summed E-state index contributed by atoms with van der Waals surface area (Å²) in [5, 5.41) is 4.72. The molecule has 30 heavy (non-hydrogen) atoms. The van der Waals surface area contributed by atoms with Crippen molar-refractivity contribution in [1.29, 1.82) is 0 Å². The Labute approximate surface area is 188 Å². The number of benzene rings is 1. The number of amides is 1. The topological polar surface area (TPSA) is 60.2 Å². The molecule has 162 valence electrons. The Hall–Kier alpha value is -1.51. The summed E-state index contributed by atoms with van der Waals surface area (Å²) in [7, 11) is -1.11. The van der Waals surface area contributed by atoms with Gasteiger partial charge in [0.15, 0.2) is 10.6 Å². The van der Waals surface area contributed by atoms with Crippen LogP contribution in [0.15, 0.2) is 22.9 Å². The van der Waals surface area contributed by atoms with Gasteiger partial charge in [-0.05, 0) is 51.9 Å². The highest BCUT2D eigenvalue weighted by Gasteiger charge is 2.45. The van der Waals surface area contributed by atoms with Gasteiger partial charge in [0.2, 0.25) is 5.91 Å². The number of rotatable bonds is 8. The zero-order valence-electron chi connectivity index (χ0n) is 18.3. The van der Waals surface area contributed by atoms with Crippen LogP contribution in [0.2, 0.25) is 25.7 Å². The lowest BCUT2D eigenvalue weighted by Crippen LogP contribution is -2.28. The van der Waals surface area contributed by atoms with Crippen LogP contribution >= 0.6 is 15.9 Å². The molecule has 1 aromatic heterocycles. The van der Waals surface area contributed by atoms with E-state index in [4.69, 9.17) is 9.84 Å². The minimum atomic E-state index is -1.11. The number of carbonyl (C=O) groups excluding carboxylic acids is 1. The smallest absolute Gasteiger partial charge is 0.223 e. The van der Waals surface area contributed by atoms with E-state index in [1.54, 1.807) is 4.68 Å². The Bertz CT molecular complexity index is 940. The molecule has 2 heterocycles. The van der Waals surface area contributed by atoms with Crippen LogP contribution in [0.3, 0.4) is 0 Å². The van der Waals surface area contributed by atoms with E-state index in [0.717, 1.165) is 43.4 Å². The van der Waals surface area contributed by atoms with Crippen molar-refractivity contribution in [1.82, 2.24) is 19.7 Å². The van der Waals surface area contributed by atoms with E-state index < -0.39 is 8.07 Å². The second kappa shape index (κ2) is 8.55. The molecule has 0 radical (unpaired) electrons. The Morgan fingerprint density at radius 1 is 1.27 bits per heavy atom. The number of halogens is 1. The predicted octanol–water partition coefficient (Wildman–Crippen LogP) is 4.88. The number of nitrogens with zero attached hydrogens (tertiary/aromatic N) is 4. The summed E-state index contributed by atoms with van der Waals surface area (Å²) in [5.41, 5.74) is 3.65. The Kier molecular flexibility index (Phi) is 6.19. The molecule has 2 aromatic rings. The highest BCUT2D eigenvalue weighted by atomic mass is 79.9. The Morgan fingerprint density at radius 3 is 2.80 bits per heavy atom. The molecular formula is C22H31BrN4O2Si. The molecule has 4 rings (SSSR count). The van der Waals surface area contributed by atoms with E-state index in [1.165, 1.54) is 11.1 Å². The molecule has 1 aromatic carbocycles. The van der Waals surface area contributed by atoms with E-state index in [1.807, 2.05) is 0 Å². The van der Waals surface area contributed by atoms with E-state index in [9.17, 15) is 4.79 Å². The van der Waals surface area contributed by atoms with Crippen LogP contribution < -0.4 is 0 Å². The van der Waals surface area contributed by atoms with Gasteiger partial charge in [-0.25, -0.2) is 9.67 Å². The molecule has 1 unspecified atom stereocenters. The van der Waals surface area contributed by atoms with E-state index in [0.29, 0.717) is 29.7 Å². The number of hydrogen-bond acceptors (Lipinski definition) is 4. The highest BCUT2D eigenvalue weighted by molar-refractivity contribution is 9.10. The fourth-order valence-corrected chi connectivity index (χ4v) is 5.71. The highest BCUT2D eigenvalue weighted by Crippen LogP contribution is 2.49. The number of ether oxygens (including phenoxy) is 1. The van der Waals surface area contributed by atoms with Crippen molar-refractivity contribution in [2.24, 2.45) is 5.92 Å². The van der Waals surface area contributed by atoms with Gasteiger partial charge in [-0.1, -0.05) is 44.8 Å². The number of hydrogen-bond donors (Lipinski definition) is 0. The van der Waals surface area contributed by atoms with Crippen LogP contribution in [0.5, 0.6) is 0 Å². The Balaban J connectivity index is 1.54. The maximum atomic E-state index is 12.5. The standard InChI is InChI=1S/C22H31BrN4O2Si/c1-5-9-26-19(28)13-15-12-18-16(20(15)26)7-6-8-17(18)21-24-22(23)27(25-21)14-29-10-11-30(2,3)4/h6-8,15,20H,5,9-14H2,1-4H3/t15-,20?/m1/s1. The van der Waals surface area contributed by atoms with Crippen LogP contribution in [0, 0.1) is 5.92 Å². The van der Waals surface area contributed by atoms with Gasteiger partial charge in [-0.2, -0.15) is 0 Å². The molecular weight excluding hydrogens is 460 g/mol. The van der Waals surface area contributed by atoms with Crippen molar-refractivity contribution < 1.29 is 9.53 Å². The summed E-state index contributed by atoms with van der Waals surface area (Å²) in [5.74, 6) is 1.39. The van der Waals surface area contributed by atoms with Crippen molar-refractivity contribution in [3.8, 4) is 11.4 Å². The summed E-state index contributed by atoms with van der Waals surface area (Å²) in [6.45, 7) is 11.2. The average Bonchev–Trinajstić information content (AvgIpc) is 3.31. The second-order valence-corrected chi connectivity index (χ2v) is 16.0. The second-order valence-electron chi connectivity index (χ2n) is 9.63. The SMILES string of the molecule is CCCN1C(=O)C[C@H]2Cc3c(-c4nc(Br)n(COCC[Si](C)(C)C)n4)cccc3C21. The molecule has 0 saturated carbocycles. The van der Waals surface area contributed by atoms with Crippen molar-refractivity contribution in [3.63, 3.8) is 0 Å². The first-order valence-corrected chi connectivity index (χ1v) is 15.4. The lowest BCUT2D eigenvalue weighted by molar-refractivity contribution is -0.129. The van der Waals surface area contributed by atoms with Gasteiger partial charge in [0.1, 0.15) is 6.73 Å². The largest absolute Gasteiger partial charge is 0.359 e. The maximum Gasteiger partial charge on any atom is 0.223 e. The molecule has 2 atom stereocenters. The quantitative estimate of drug-likeness (QED) is 0.390. The van der Waals surface area contributed by atoms with Crippen molar-refractivity contribution in [3.05, 3.63) is 34.1 Å². The summed E-state index contributed by atoms with van der Waals surface area (Å²) in [6, 6.07) is 7.69. The zero-order chi connectivity index (χ0) is 21.5. The van der Waals surface area contributed by atoms with E-state index in [-0.39, 0.29) is 6.04 Å². The summed E-state index contributed by atoms with van der Waals surface area (Å²) >= 11 is 3.54. The maximum absolute atomic E-state index is 12.5. The molecule has 1 fully saturated rings. The van der Waals surface area contributed by atoms with Crippen LogP contribution in [0.25, 0.3) is 11.4 Å². The number of likely N-dealkylation sites (tertiary alicyclic amines) is 1. The van der Waals surface area contributed by atoms with E-state index in [2.05, 4.69) is 70.6 Å². The predicted molar refractivity (Wildman–Crippen MR) is 124 cm³/mol. The third-order valence-corrected chi connectivity index (χ3v) is 8.37. The summed E-state index contributed by atoms with van der Waals surface area (Å²) in [6.07, 6.45) is 2.55. The number of aromatic nitrogens is 3. The monoisotopic (exact) mass is 490 g/mol. The molecule has 1 aliphatic heterocycles. The van der Waals surface area contributed by atoms with Gasteiger partial charge in [0.25, 0.3) is 0 Å². The van der Waals surface area contributed by atoms with Crippen LogP contribution in [-0.4, -0.2) is 46.8 Å². The van der Waals surface area contributed by atoms with Gasteiger partial charge in [0, 0.05) is 33.2 Å². The van der Waals surface area contributed by atoms with Gasteiger partial charge in [-0.15, -0.1) is 5.10 Å². The normalized spacial score (nSPS) is 20.7. The lowest BCUT2D eigenvalue weighted by atomic mass is 10.0. The molecule has 2 aliphatic rings. The molecule has 1 saturated heterocycles. The van der Waals surface area contributed by atoms with Crippen LogP contribution in [-0.2, 0) is 22.7 Å². The summed E-state index contributed by atoms with van der Waals surface area (Å²) in [4.78, 5) is 19.2. The van der Waals surface area contributed by atoms with E-state index >= 15 is 0 Å².